The topological polar surface area (TPSA) is 184 Å². The molecular weight excluding hydrogens is 508 g/mol. The molecule has 4 atom stereocenters. The lowest BCUT2D eigenvalue weighted by molar-refractivity contribution is -0.141. The van der Waals surface area contributed by atoms with E-state index in [4.69, 9.17) is 0 Å². The van der Waals surface area contributed by atoms with Crippen LogP contribution in [0.5, 0.6) is 0 Å². The third kappa shape index (κ3) is 2.93. The number of hydrogen-bond acceptors (Lipinski definition) is 10. The summed E-state index contributed by atoms with van der Waals surface area (Å²) >= 11 is 0. The van der Waals surface area contributed by atoms with Gasteiger partial charge in [-0.05, 0) is 63.2 Å². The highest BCUT2D eigenvalue weighted by molar-refractivity contribution is 5.88. The normalized spacial score (nSPS) is 42.0. The molecule has 5 fully saturated rings. The molecule has 3 saturated carbocycles. The van der Waals surface area contributed by atoms with Crippen LogP contribution < -0.4 is 21.5 Å². The number of hydrogen-bond donors (Lipinski definition) is 4. The van der Waals surface area contributed by atoms with Gasteiger partial charge in [0.25, 0.3) is 11.8 Å². The number of rotatable bonds is 2. The zero-order chi connectivity index (χ0) is 28.2. The molecule has 2 amide bonds. The quantitative estimate of drug-likeness (QED) is 0.401. The van der Waals surface area contributed by atoms with Gasteiger partial charge in [0.1, 0.15) is 34.8 Å². The summed E-state index contributed by atoms with van der Waals surface area (Å²) in [6.45, 7) is 3.73. The van der Waals surface area contributed by atoms with Crippen LogP contribution in [0.2, 0.25) is 0 Å². The lowest BCUT2D eigenvalue weighted by Crippen LogP contribution is -2.62. The molecule has 12 heteroatoms. The molecule has 4 N–H and O–H groups in total. The number of amides is 2. The minimum atomic E-state index is -0.942. The van der Waals surface area contributed by atoms with Crippen LogP contribution in [0, 0.1) is 79.8 Å². The third-order valence-electron chi connectivity index (χ3n) is 10.8. The Morgan fingerprint density at radius 2 is 1.02 bits per heavy atom. The van der Waals surface area contributed by atoms with Gasteiger partial charge < -0.3 is 10.6 Å². The zero-order valence-electron chi connectivity index (χ0n) is 22.5. The number of hydrazine groups is 2. The Morgan fingerprint density at radius 1 is 0.675 bits per heavy atom. The molecule has 204 valence electrons. The number of carbonyl (C=O) groups excluding carboxylic acids is 2. The number of nitrogens with one attached hydrogen (secondary N) is 4. The summed E-state index contributed by atoms with van der Waals surface area (Å²) < 4.78 is 0. The van der Waals surface area contributed by atoms with Crippen molar-refractivity contribution in [2.45, 2.75) is 76.5 Å². The Labute approximate surface area is 232 Å². The van der Waals surface area contributed by atoms with E-state index in [9.17, 15) is 30.6 Å². The summed E-state index contributed by atoms with van der Waals surface area (Å²) in [5, 5.41) is 50.0. The summed E-state index contributed by atoms with van der Waals surface area (Å²) in [4.78, 5) is 27.0. The van der Waals surface area contributed by atoms with Gasteiger partial charge in [0.2, 0.25) is 0 Å². The van der Waals surface area contributed by atoms with Crippen LogP contribution in [0.3, 0.4) is 0 Å². The van der Waals surface area contributed by atoms with Crippen LogP contribution >= 0.6 is 0 Å². The molecule has 0 bridgehead atoms. The predicted octanol–water partition coefficient (Wildman–Crippen LogP) is 1.44. The van der Waals surface area contributed by atoms with E-state index in [1.165, 1.54) is 10.0 Å². The molecule has 4 unspecified atom stereocenters. The van der Waals surface area contributed by atoms with Crippen molar-refractivity contribution >= 4 is 11.8 Å². The molecule has 3 aliphatic carbocycles. The summed E-state index contributed by atoms with van der Waals surface area (Å²) in [6, 6.07) is 9.02. The molecule has 0 aromatic carbocycles. The van der Waals surface area contributed by atoms with Gasteiger partial charge >= 0.3 is 0 Å². The second-order valence-corrected chi connectivity index (χ2v) is 12.9. The fourth-order valence-electron chi connectivity index (χ4n) is 7.96. The molecule has 40 heavy (non-hydrogen) atoms. The average molecular weight is 539 g/mol. The first-order valence-electron chi connectivity index (χ1n) is 14.0. The van der Waals surface area contributed by atoms with Gasteiger partial charge in [-0.15, -0.1) is 0 Å². The van der Waals surface area contributed by atoms with E-state index in [1.54, 1.807) is 0 Å². The van der Waals surface area contributed by atoms with Gasteiger partial charge in [-0.25, -0.2) is 20.9 Å². The fourth-order valence-corrected chi connectivity index (χ4v) is 7.96. The van der Waals surface area contributed by atoms with E-state index in [-0.39, 0.29) is 23.7 Å². The number of fused-ring (bicyclic) bond motifs is 2. The Balaban J connectivity index is 1.18. The van der Waals surface area contributed by atoms with Crippen LogP contribution in [0.1, 0.15) is 65.2 Å². The second kappa shape index (κ2) is 7.76. The summed E-state index contributed by atoms with van der Waals surface area (Å²) in [6.07, 6.45) is 5.65. The molecule has 0 aromatic rings. The molecular formula is C28H30N10O2. The molecule has 4 heterocycles. The highest BCUT2D eigenvalue weighted by atomic mass is 16.2. The minimum Gasteiger partial charge on any atom is -0.350 e. The number of nitrogens with zero attached hydrogens (tertiary/aromatic N) is 6. The van der Waals surface area contributed by atoms with E-state index in [0.717, 1.165) is 25.7 Å². The number of nitriles is 4. The fraction of sp³-hybridized carbons (Fsp3) is 0.643. The molecule has 12 nitrogen and oxygen atoms in total. The Hall–Kier alpha value is -4.10. The summed E-state index contributed by atoms with van der Waals surface area (Å²) in [5.41, 5.74) is 4.40. The zero-order valence-corrected chi connectivity index (χ0v) is 22.5. The Kier molecular flexibility index (Phi) is 4.83. The molecule has 7 rings (SSSR count). The standard InChI is InChI=1S/C28H30N10O2/c1-25(15-3-4-15)17(11-29)21-33-27(35-37(21)23(39)19(25)13-31)7-9-28(10-8-27)34-22-18(12-30)26(2,16-5-6-16)20(14-32)24(40)38(22)36-28/h15-16,19-20,33-36H,3-10H2,1-2H3. The monoisotopic (exact) mass is 538 g/mol. The van der Waals surface area contributed by atoms with Crippen LogP contribution in [0.25, 0.3) is 0 Å². The molecule has 4 aliphatic heterocycles. The van der Waals surface area contributed by atoms with Crippen LogP contribution in [0.15, 0.2) is 22.8 Å². The average Bonchev–Trinajstić information content (AvgIpc) is 3.87. The molecule has 7 aliphatic rings. The van der Waals surface area contributed by atoms with Crippen molar-refractivity contribution in [1.29, 1.82) is 21.0 Å². The van der Waals surface area contributed by atoms with Gasteiger partial charge in [0.15, 0.2) is 0 Å². The van der Waals surface area contributed by atoms with E-state index in [2.05, 4.69) is 45.8 Å². The van der Waals surface area contributed by atoms with E-state index >= 15 is 0 Å². The van der Waals surface area contributed by atoms with E-state index < -0.39 is 34.0 Å². The molecule has 2 spiro atoms. The van der Waals surface area contributed by atoms with Crippen molar-refractivity contribution in [2.75, 3.05) is 0 Å². The molecule has 0 radical (unpaired) electrons. The van der Waals surface area contributed by atoms with Gasteiger partial charge in [-0.2, -0.15) is 21.0 Å². The Morgan fingerprint density at radius 3 is 1.30 bits per heavy atom. The maximum Gasteiger partial charge on any atom is 0.261 e. The maximum absolute atomic E-state index is 13.5. The SMILES string of the molecule is CC1(C2CC2)C(C#N)=C2NC3(CCC4(CC3)NC3=C(C#N)C(C)(C5CC5)C(C#N)C(=O)N3N4)NN2C(=O)C1C#N. The van der Waals surface area contributed by atoms with Gasteiger partial charge in [0.05, 0.1) is 35.4 Å². The highest BCUT2D eigenvalue weighted by Gasteiger charge is 2.64. The first-order chi connectivity index (χ1) is 19.1. The van der Waals surface area contributed by atoms with Crippen molar-refractivity contribution in [3.05, 3.63) is 22.8 Å². The summed E-state index contributed by atoms with van der Waals surface area (Å²) in [7, 11) is 0. The van der Waals surface area contributed by atoms with Crippen LogP contribution in [0.4, 0.5) is 0 Å². The van der Waals surface area contributed by atoms with Crippen molar-refractivity contribution in [2.24, 2.45) is 34.5 Å². The minimum absolute atomic E-state index is 0.126. The summed E-state index contributed by atoms with van der Waals surface area (Å²) in [5.74, 6) is -1.44. The highest BCUT2D eigenvalue weighted by Crippen LogP contribution is 2.59. The molecule has 2 saturated heterocycles. The van der Waals surface area contributed by atoms with Crippen LogP contribution in [-0.4, -0.2) is 33.2 Å². The third-order valence-corrected chi connectivity index (χ3v) is 10.8. The van der Waals surface area contributed by atoms with E-state index in [0.29, 0.717) is 48.5 Å². The second-order valence-electron chi connectivity index (χ2n) is 12.9. The van der Waals surface area contributed by atoms with Crippen molar-refractivity contribution < 1.29 is 9.59 Å². The van der Waals surface area contributed by atoms with Crippen molar-refractivity contribution in [1.82, 2.24) is 31.5 Å². The maximum atomic E-state index is 13.5. The largest absolute Gasteiger partial charge is 0.350 e. The van der Waals surface area contributed by atoms with Crippen molar-refractivity contribution in [3.63, 3.8) is 0 Å². The number of allylic oxidation sites excluding steroid dienone is 2. The van der Waals surface area contributed by atoms with Gasteiger partial charge in [0, 0.05) is 10.8 Å². The van der Waals surface area contributed by atoms with E-state index in [1.807, 2.05) is 13.8 Å². The number of carbonyl (C=O) groups is 2. The first-order valence-corrected chi connectivity index (χ1v) is 14.0. The Bertz CT molecular complexity index is 1370. The van der Waals surface area contributed by atoms with Crippen molar-refractivity contribution in [3.8, 4) is 24.3 Å². The van der Waals surface area contributed by atoms with Crippen LogP contribution in [-0.2, 0) is 9.59 Å². The predicted molar refractivity (Wildman–Crippen MR) is 135 cm³/mol. The van der Waals surface area contributed by atoms with Gasteiger partial charge in [-0.3, -0.25) is 9.59 Å². The lowest BCUT2D eigenvalue weighted by Gasteiger charge is -2.42. The first kappa shape index (κ1) is 24.9. The lowest BCUT2D eigenvalue weighted by atomic mass is 9.66. The molecule has 0 aromatic heterocycles. The smallest absolute Gasteiger partial charge is 0.261 e. The van der Waals surface area contributed by atoms with Gasteiger partial charge in [-0.1, -0.05) is 13.8 Å².